The van der Waals surface area contributed by atoms with Crippen LogP contribution < -0.4 is 5.73 Å². The van der Waals surface area contributed by atoms with E-state index in [4.69, 9.17) is 5.73 Å². The number of thiophene rings is 1. The minimum atomic E-state index is 0.243. The van der Waals surface area contributed by atoms with Gasteiger partial charge in [0.1, 0.15) is 5.75 Å². The van der Waals surface area contributed by atoms with Gasteiger partial charge in [0.05, 0.1) is 14.9 Å². The highest BCUT2D eigenvalue weighted by atomic mass is 79.9. The van der Waals surface area contributed by atoms with Gasteiger partial charge in [-0.25, -0.2) is 0 Å². The van der Waals surface area contributed by atoms with Gasteiger partial charge in [-0.1, -0.05) is 0 Å². The van der Waals surface area contributed by atoms with Crippen LogP contribution in [0, 0.1) is 0 Å². The van der Waals surface area contributed by atoms with Crippen molar-refractivity contribution in [2.75, 3.05) is 5.73 Å². The van der Waals surface area contributed by atoms with Crippen LogP contribution in [-0.4, -0.2) is 5.11 Å². The number of benzene rings is 1. The third-order valence-corrected chi connectivity index (χ3v) is 3.73. The van der Waals surface area contributed by atoms with Gasteiger partial charge in [-0.3, -0.25) is 0 Å². The number of rotatable bonds is 0. The molecule has 1 aromatic heterocycles. The molecule has 1 heterocycles. The number of nitrogen functional groups attached to an aromatic ring is 1. The van der Waals surface area contributed by atoms with Gasteiger partial charge in [-0.05, 0) is 27.4 Å². The Bertz CT molecular complexity index is 438. The van der Waals surface area contributed by atoms with E-state index in [1.807, 2.05) is 11.4 Å². The fourth-order valence-corrected chi connectivity index (χ4v) is 2.57. The van der Waals surface area contributed by atoms with Crippen molar-refractivity contribution in [3.8, 4) is 5.75 Å². The Morgan fingerprint density at radius 1 is 1.50 bits per heavy atom. The molecule has 0 amide bonds. The Balaban J connectivity index is 2.97. The maximum absolute atomic E-state index is 9.47. The number of halogens is 1. The lowest BCUT2D eigenvalue weighted by Crippen LogP contribution is -1.85. The van der Waals surface area contributed by atoms with E-state index in [-0.39, 0.29) is 5.75 Å². The van der Waals surface area contributed by atoms with Crippen LogP contribution in [0.3, 0.4) is 0 Å². The fraction of sp³-hybridized carbons (Fsp3) is 0. The van der Waals surface area contributed by atoms with Crippen molar-refractivity contribution >= 4 is 43.0 Å². The van der Waals surface area contributed by atoms with Crippen LogP contribution in [0.15, 0.2) is 22.0 Å². The summed E-state index contributed by atoms with van der Waals surface area (Å²) in [5, 5.41) is 12.2. The van der Waals surface area contributed by atoms with Crippen LogP contribution in [0.25, 0.3) is 10.1 Å². The number of hydrogen-bond acceptors (Lipinski definition) is 3. The quantitative estimate of drug-likeness (QED) is 0.700. The first-order chi connectivity index (χ1) is 5.70. The molecule has 0 unspecified atom stereocenters. The zero-order valence-electron chi connectivity index (χ0n) is 6.04. The molecule has 2 nitrogen and oxygen atoms in total. The second-order valence-electron chi connectivity index (χ2n) is 2.46. The van der Waals surface area contributed by atoms with Gasteiger partial charge < -0.3 is 10.8 Å². The summed E-state index contributed by atoms with van der Waals surface area (Å²) in [6, 6.07) is 3.43. The zero-order valence-corrected chi connectivity index (χ0v) is 8.45. The first-order valence-corrected chi connectivity index (χ1v) is 5.01. The molecule has 62 valence electrons. The number of phenolic OH excluding ortho intramolecular Hbond substituents is 1. The Hall–Kier alpha value is -0.740. The van der Waals surface area contributed by atoms with Gasteiger partial charge in [-0.15, -0.1) is 11.3 Å². The highest BCUT2D eigenvalue weighted by molar-refractivity contribution is 9.10. The molecule has 0 radical (unpaired) electrons. The van der Waals surface area contributed by atoms with Crippen LogP contribution in [0.5, 0.6) is 5.75 Å². The summed E-state index contributed by atoms with van der Waals surface area (Å²) in [5.41, 5.74) is 6.22. The Kier molecular flexibility index (Phi) is 1.73. The fourth-order valence-electron chi connectivity index (χ4n) is 1.10. The van der Waals surface area contributed by atoms with E-state index in [2.05, 4.69) is 15.9 Å². The molecular formula is C8H6BrNOS. The third kappa shape index (κ3) is 0.990. The molecule has 0 atom stereocenters. The predicted molar refractivity (Wildman–Crippen MR) is 55.6 cm³/mol. The minimum absolute atomic E-state index is 0.243. The zero-order chi connectivity index (χ0) is 8.72. The standard InChI is InChI=1S/C8H6BrNOS/c9-7-5(10)3-6(11)4-1-2-12-8(4)7/h1-3,11H,10H2. The van der Waals surface area contributed by atoms with Crippen LogP contribution in [0.1, 0.15) is 0 Å². The smallest absolute Gasteiger partial charge is 0.126 e. The van der Waals surface area contributed by atoms with Gasteiger partial charge in [0.15, 0.2) is 0 Å². The second-order valence-corrected chi connectivity index (χ2v) is 4.17. The van der Waals surface area contributed by atoms with E-state index in [1.165, 1.54) is 0 Å². The van der Waals surface area contributed by atoms with E-state index in [1.54, 1.807) is 17.4 Å². The lowest BCUT2D eigenvalue weighted by Gasteiger charge is -2.01. The summed E-state index contributed by atoms with van der Waals surface area (Å²) in [5.74, 6) is 0.243. The first kappa shape index (κ1) is 7.89. The summed E-state index contributed by atoms with van der Waals surface area (Å²) >= 11 is 4.92. The molecule has 1 aromatic carbocycles. The average molecular weight is 244 g/mol. The number of hydrogen-bond donors (Lipinski definition) is 2. The highest BCUT2D eigenvalue weighted by Crippen LogP contribution is 2.38. The normalized spacial score (nSPS) is 10.8. The van der Waals surface area contributed by atoms with Gasteiger partial charge in [-0.2, -0.15) is 0 Å². The van der Waals surface area contributed by atoms with E-state index >= 15 is 0 Å². The third-order valence-electron chi connectivity index (χ3n) is 1.69. The Morgan fingerprint density at radius 2 is 2.25 bits per heavy atom. The molecule has 0 fully saturated rings. The largest absolute Gasteiger partial charge is 0.507 e. The summed E-state index contributed by atoms with van der Waals surface area (Å²) in [4.78, 5) is 0. The molecule has 3 N–H and O–H groups in total. The summed E-state index contributed by atoms with van der Waals surface area (Å²) in [6.45, 7) is 0. The number of fused-ring (bicyclic) bond motifs is 1. The van der Waals surface area contributed by atoms with Gasteiger partial charge in [0, 0.05) is 11.5 Å². The predicted octanol–water partition coefficient (Wildman–Crippen LogP) is 2.95. The molecule has 0 spiro atoms. The molecule has 2 aromatic rings. The van der Waals surface area contributed by atoms with Crippen molar-refractivity contribution in [1.29, 1.82) is 0 Å². The van der Waals surface area contributed by atoms with Crippen molar-refractivity contribution < 1.29 is 5.11 Å². The van der Waals surface area contributed by atoms with Crippen molar-refractivity contribution in [2.24, 2.45) is 0 Å². The van der Waals surface area contributed by atoms with E-state index in [9.17, 15) is 5.11 Å². The molecule has 12 heavy (non-hydrogen) atoms. The number of nitrogens with two attached hydrogens (primary N) is 1. The van der Waals surface area contributed by atoms with Gasteiger partial charge in [0.2, 0.25) is 0 Å². The van der Waals surface area contributed by atoms with Gasteiger partial charge in [0.25, 0.3) is 0 Å². The van der Waals surface area contributed by atoms with Crippen molar-refractivity contribution in [2.45, 2.75) is 0 Å². The number of aromatic hydroxyl groups is 1. The van der Waals surface area contributed by atoms with Crippen LogP contribution in [-0.2, 0) is 0 Å². The Morgan fingerprint density at radius 3 is 3.00 bits per heavy atom. The molecule has 0 saturated heterocycles. The van der Waals surface area contributed by atoms with Crippen molar-refractivity contribution in [3.05, 3.63) is 22.0 Å². The first-order valence-electron chi connectivity index (χ1n) is 3.34. The van der Waals surface area contributed by atoms with E-state index in [0.717, 1.165) is 14.6 Å². The topological polar surface area (TPSA) is 46.2 Å². The maximum atomic E-state index is 9.47. The highest BCUT2D eigenvalue weighted by Gasteiger charge is 2.07. The molecular weight excluding hydrogens is 238 g/mol. The van der Waals surface area contributed by atoms with Crippen LogP contribution in [0.2, 0.25) is 0 Å². The SMILES string of the molecule is Nc1cc(O)c2ccsc2c1Br. The monoisotopic (exact) mass is 243 g/mol. The number of anilines is 1. The molecule has 0 aliphatic heterocycles. The van der Waals surface area contributed by atoms with Crippen LogP contribution >= 0.6 is 27.3 Å². The van der Waals surface area contributed by atoms with E-state index in [0.29, 0.717) is 5.69 Å². The molecule has 0 aliphatic rings. The summed E-state index contributed by atoms with van der Waals surface area (Å²) < 4.78 is 1.86. The van der Waals surface area contributed by atoms with Crippen molar-refractivity contribution in [3.63, 3.8) is 0 Å². The summed E-state index contributed by atoms with van der Waals surface area (Å²) in [6.07, 6.45) is 0. The molecule has 0 bridgehead atoms. The molecule has 0 saturated carbocycles. The van der Waals surface area contributed by atoms with E-state index < -0.39 is 0 Å². The van der Waals surface area contributed by atoms with Gasteiger partial charge >= 0.3 is 0 Å². The molecule has 2 rings (SSSR count). The second kappa shape index (κ2) is 2.64. The summed E-state index contributed by atoms with van der Waals surface area (Å²) in [7, 11) is 0. The minimum Gasteiger partial charge on any atom is -0.507 e. The lowest BCUT2D eigenvalue weighted by atomic mass is 10.2. The number of phenols is 1. The molecule has 0 aliphatic carbocycles. The Labute approximate surface area is 81.8 Å². The lowest BCUT2D eigenvalue weighted by molar-refractivity contribution is 0.482. The van der Waals surface area contributed by atoms with Crippen molar-refractivity contribution in [1.82, 2.24) is 0 Å². The van der Waals surface area contributed by atoms with Crippen LogP contribution in [0.4, 0.5) is 5.69 Å². The maximum Gasteiger partial charge on any atom is 0.126 e. The molecule has 4 heteroatoms. The average Bonchev–Trinajstić information content (AvgIpc) is 2.48.